The summed E-state index contributed by atoms with van der Waals surface area (Å²) in [5.41, 5.74) is -1.07. The monoisotopic (exact) mass is 446 g/mol. The third kappa shape index (κ3) is 5.58. The fourth-order valence-electron chi connectivity index (χ4n) is 3.49. The molecule has 2 aromatic rings. The van der Waals surface area contributed by atoms with Gasteiger partial charge in [-0.05, 0) is 48.4 Å². The third-order valence-corrected chi connectivity index (χ3v) is 7.29. The first-order valence-corrected chi connectivity index (χ1v) is 11.5. The van der Waals surface area contributed by atoms with Crippen LogP contribution in [0.15, 0.2) is 46.7 Å². The third-order valence-electron chi connectivity index (χ3n) is 4.93. The summed E-state index contributed by atoms with van der Waals surface area (Å²) >= 11 is 1.52. The molecule has 1 saturated carbocycles. The van der Waals surface area contributed by atoms with Crippen LogP contribution in [0.25, 0.3) is 0 Å². The zero-order valence-corrected chi connectivity index (χ0v) is 17.0. The van der Waals surface area contributed by atoms with Crippen LogP contribution in [0, 0.1) is 5.92 Å². The minimum absolute atomic E-state index is 0.192. The number of thiophene rings is 1. The van der Waals surface area contributed by atoms with Crippen molar-refractivity contribution in [3.05, 3.63) is 52.2 Å². The number of carbonyl (C=O) groups excluding carboxylic acids is 1. The van der Waals surface area contributed by atoms with Crippen LogP contribution >= 0.6 is 11.3 Å². The summed E-state index contributed by atoms with van der Waals surface area (Å²) in [5.74, 6) is -0.233. The number of halogens is 3. The highest BCUT2D eigenvalue weighted by Gasteiger charge is 2.32. The van der Waals surface area contributed by atoms with E-state index in [1.807, 2.05) is 17.5 Å². The van der Waals surface area contributed by atoms with Crippen molar-refractivity contribution in [2.24, 2.45) is 5.92 Å². The van der Waals surface area contributed by atoms with Crippen LogP contribution in [0.4, 0.5) is 13.2 Å². The number of alkyl halides is 3. The first-order valence-electron chi connectivity index (χ1n) is 9.16. The lowest BCUT2D eigenvalue weighted by atomic mass is 9.96. The number of benzene rings is 1. The van der Waals surface area contributed by atoms with Crippen molar-refractivity contribution in [2.45, 2.75) is 42.8 Å². The summed E-state index contributed by atoms with van der Waals surface area (Å²) < 4.78 is 65.2. The molecule has 0 saturated heterocycles. The van der Waals surface area contributed by atoms with Gasteiger partial charge < -0.3 is 5.32 Å². The molecule has 0 bridgehead atoms. The number of rotatable bonds is 7. The smallest absolute Gasteiger partial charge is 0.347 e. The van der Waals surface area contributed by atoms with Gasteiger partial charge in [-0.15, -0.1) is 11.3 Å². The molecule has 1 heterocycles. The van der Waals surface area contributed by atoms with Gasteiger partial charge in [0.2, 0.25) is 15.9 Å². The minimum Gasteiger partial charge on any atom is -0.347 e. The summed E-state index contributed by atoms with van der Waals surface area (Å²) in [5, 5.41) is 4.80. The minimum atomic E-state index is -4.65. The Bertz CT molecular complexity index is 938. The van der Waals surface area contributed by atoms with Gasteiger partial charge in [-0.2, -0.15) is 13.2 Å². The van der Waals surface area contributed by atoms with Gasteiger partial charge in [-0.3, -0.25) is 4.79 Å². The molecular weight excluding hydrogens is 425 g/mol. The van der Waals surface area contributed by atoms with Crippen LogP contribution in [0.3, 0.4) is 0 Å². The molecular formula is C19H21F3N2O3S2. The number of sulfonamides is 1. The molecule has 5 nitrogen and oxygen atoms in total. The summed E-state index contributed by atoms with van der Waals surface area (Å²) in [7, 11) is -4.25. The summed E-state index contributed by atoms with van der Waals surface area (Å²) in [6.07, 6.45) is -0.509. The van der Waals surface area contributed by atoms with Crippen LogP contribution in [0.2, 0.25) is 0 Å². The molecule has 158 valence electrons. The van der Waals surface area contributed by atoms with Crippen molar-refractivity contribution in [2.75, 3.05) is 6.54 Å². The lowest BCUT2D eigenvalue weighted by Gasteiger charge is -2.24. The van der Waals surface area contributed by atoms with Gasteiger partial charge in [0.15, 0.2) is 0 Å². The number of hydrogen-bond donors (Lipinski definition) is 2. The molecule has 29 heavy (non-hydrogen) atoms. The predicted octanol–water partition coefficient (Wildman–Crippen LogP) is 4.09. The number of carbonyl (C=O) groups is 1. The Kier molecular flexibility index (Phi) is 6.65. The fourth-order valence-corrected chi connectivity index (χ4v) is 5.39. The highest BCUT2D eigenvalue weighted by molar-refractivity contribution is 7.89. The van der Waals surface area contributed by atoms with Crippen molar-refractivity contribution >= 4 is 27.3 Å². The SMILES string of the molecule is O=C(CNS(=O)(=O)c1cccc(C(F)(F)F)c1)NC(c1cccs1)C1CCCC1. The summed E-state index contributed by atoms with van der Waals surface area (Å²) in [6, 6.07) is 7.05. The van der Waals surface area contributed by atoms with Gasteiger partial charge >= 0.3 is 6.18 Å². The number of amides is 1. The average Bonchev–Trinajstić information content (AvgIpc) is 3.38. The maximum atomic E-state index is 12.8. The lowest BCUT2D eigenvalue weighted by molar-refractivity contribution is -0.137. The van der Waals surface area contributed by atoms with E-state index >= 15 is 0 Å². The highest BCUT2D eigenvalue weighted by Crippen LogP contribution is 2.37. The van der Waals surface area contributed by atoms with Gasteiger partial charge in [0, 0.05) is 4.88 Å². The Morgan fingerprint density at radius 2 is 1.90 bits per heavy atom. The molecule has 10 heteroatoms. The largest absolute Gasteiger partial charge is 0.416 e. The highest BCUT2D eigenvalue weighted by atomic mass is 32.2. The second-order valence-corrected chi connectivity index (χ2v) is 9.70. The molecule has 1 fully saturated rings. The van der Waals surface area contributed by atoms with Gasteiger partial charge in [-0.1, -0.05) is 25.0 Å². The molecule has 1 unspecified atom stereocenters. The Labute approximate surface area is 171 Å². The van der Waals surface area contributed by atoms with E-state index in [0.29, 0.717) is 6.07 Å². The van der Waals surface area contributed by atoms with E-state index in [4.69, 9.17) is 0 Å². The van der Waals surface area contributed by atoms with Crippen molar-refractivity contribution in [1.82, 2.24) is 10.0 Å². The molecule has 1 amide bonds. The van der Waals surface area contributed by atoms with E-state index in [1.54, 1.807) is 0 Å². The molecule has 1 aliphatic rings. The van der Waals surface area contributed by atoms with E-state index in [9.17, 15) is 26.4 Å². The quantitative estimate of drug-likeness (QED) is 0.673. The normalized spacial score (nSPS) is 16.7. The second kappa shape index (κ2) is 8.85. The van der Waals surface area contributed by atoms with Crippen LogP contribution in [-0.2, 0) is 21.0 Å². The van der Waals surface area contributed by atoms with Crippen molar-refractivity contribution in [1.29, 1.82) is 0 Å². The first-order chi connectivity index (χ1) is 13.7. The molecule has 0 spiro atoms. The van der Waals surface area contributed by atoms with Crippen molar-refractivity contribution in [3.8, 4) is 0 Å². The van der Waals surface area contributed by atoms with Crippen molar-refractivity contribution in [3.63, 3.8) is 0 Å². The van der Waals surface area contributed by atoms with E-state index in [2.05, 4.69) is 10.0 Å². The van der Waals surface area contributed by atoms with Crippen LogP contribution in [-0.4, -0.2) is 20.9 Å². The van der Waals surface area contributed by atoms with Gasteiger partial charge in [0.1, 0.15) is 0 Å². The van der Waals surface area contributed by atoms with Crippen LogP contribution in [0.1, 0.15) is 42.2 Å². The Morgan fingerprint density at radius 3 is 2.52 bits per heavy atom. The van der Waals surface area contributed by atoms with Gasteiger partial charge in [0.25, 0.3) is 0 Å². The van der Waals surface area contributed by atoms with E-state index in [-0.39, 0.29) is 12.0 Å². The van der Waals surface area contributed by atoms with E-state index in [1.165, 1.54) is 11.3 Å². The molecule has 0 radical (unpaired) electrons. The van der Waals surface area contributed by atoms with Crippen LogP contribution < -0.4 is 10.0 Å². The standard InChI is InChI=1S/C19H21F3N2O3S2/c20-19(21,22)14-7-3-8-15(11-14)29(26,27)23-12-17(25)24-18(13-5-1-2-6-13)16-9-4-10-28-16/h3-4,7-11,13,18,23H,1-2,5-6,12H2,(H,24,25). The fraction of sp³-hybridized carbons (Fsp3) is 0.421. The molecule has 3 rings (SSSR count). The predicted molar refractivity (Wildman–Crippen MR) is 104 cm³/mol. The molecule has 1 aromatic heterocycles. The Balaban J connectivity index is 1.66. The van der Waals surface area contributed by atoms with Crippen LogP contribution in [0.5, 0.6) is 0 Å². The van der Waals surface area contributed by atoms with Crippen molar-refractivity contribution < 1.29 is 26.4 Å². The molecule has 1 atom stereocenters. The van der Waals surface area contributed by atoms with Gasteiger partial charge in [0.05, 0.1) is 23.0 Å². The number of nitrogens with one attached hydrogen (secondary N) is 2. The molecule has 1 aliphatic carbocycles. The molecule has 0 aliphatic heterocycles. The summed E-state index contributed by atoms with van der Waals surface area (Å²) in [6.45, 7) is -0.548. The molecule has 1 aromatic carbocycles. The zero-order chi connectivity index (χ0) is 21.1. The number of hydrogen-bond acceptors (Lipinski definition) is 4. The summed E-state index contributed by atoms with van der Waals surface area (Å²) in [4.78, 5) is 12.9. The maximum Gasteiger partial charge on any atom is 0.416 e. The second-order valence-electron chi connectivity index (χ2n) is 6.96. The maximum absolute atomic E-state index is 12.8. The topological polar surface area (TPSA) is 75.3 Å². The van der Waals surface area contributed by atoms with E-state index < -0.39 is 39.1 Å². The molecule has 2 N–H and O–H groups in total. The Morgan fingerprint density at radius 1 is 1.17 bits per heavy atom. The van der Waals surface area contributed by atoms with E-state index in [0.717, 1.165) is 48.8 Å². The lowest BCUT2D eigenvalue weighted by Crippen LogP contribution is -2.40. The first kappa shape index (κ1) is 21.8. The van der Waals surface area contributed by atoms with Gasteiger partial charge in [-0.25, -0.2) is 13.1 Å². The average molecular weight is 447 g/mol. The Hall–Kier alpha value is -1.91. The zero-order valence-electron chi connectivity index (χ0n) is 15.4.